The third-order valence-electron chi connectivity index (χ3n) is 2.94. The van der Waals surface area contributed by atoms with Gasteiger partial charge >= 0.3 is 0 Å². The smallest absolute Gasteiger partial charge is 0.183 e. The fourth-order valence-electron chi connectivity index (χ4n) is 1.70. The van der Waals surface area contributed by atoms with E-state index in [0.29, 0.717) is 0 Å². The lowest BCUT2D eigenvalue weighted by Crippen LogP contribution is -2.03. The standard InChI is InChI=1S/C14H20O3S/c1-15-14(16-2)12-5-7-13(8-6-12)18-10-17-9-11-3-4-11/h5-8,11,14H,3-4,9-10H2,1-2H3. The van der Waals surface area contributed by atoms with Crippen molar-refractivity contribution in [2.75, 3.05) is 26.8 Å². The van der Waals surface area contributed by atoms with E-state index in [2.05, 4.69) is 12.1 Å². The minimum atomic E-state index is -0.282. The summed E-state index contributed by atoms with van der Waals surface area (Å²) in [5, 5.41) is 0. The van der Waals surface area contributed by atoms with Gasteiger partial charge < -0.3 is 14.2 Å². The molecule has 2 rings (SSSR count). The lowest BCUT2D eigenvalue weighted by molar-refractivity contribution is -0.106. The van der Waals surface area contributed by atoms with Gasteiger partial charge in [-0.1, -0.05) is 23.9 Å². The summed E-state index contributed by atoms with van der Waals surface area (Å²) < 4.78 is 16.0. The van der Waals surface area contributed by atoms with Crippen LogP contribution in [0.1, 0.15) is 24.7 Å². The highest BCUT2D eigenvalue weighted by Crippen LogP contribution is 2.29. The first kappa shape index (κ1) is 13.9. The molecule has 0 heterocycles. The van der Waals surface area contributed by atoms with Crippen molar-refractivity contribution in [1.82, 2.24) is 0 Å². The molecule has 1 saturated carbocycles. The summed E-state index contributed by atoms with van der Waals surface area (Å²) in [7, 11) is 3.28. The average molecular weight is 268 g/mol. The highest BCUT2D eigenvalue weighted by Gasteiger charge is 2.20. The second kappa shape index (κ2) is 7.14. The highest BCUT2D eigenvalue weighted by atomic mass is 32.2. The van der Waals surface area contributed by atoms with E-state index in [4.69, 9.17) is 14.2 Å². The second-order valence-corrected chi connectivity index (χ2v) is 5.44. The van der Waals surface area contributed by atoms with Gasteiger partial charge in [0.1, 0.15) is 0 Å². The molecule has 0 bridgehead atoms. The van der Waals surface area contributed by atoms with Crippen molar-refractivity contribution in [3.63, 3.8) is 0 Å². The molecule has 100 valence electrons. The van der Waals surface area contributed by atoms with E-state index < -0.39 is 0 Å². The van der Waals surface area contributed by atoms with Crippen LogP contribution < -0.4 is 0 Å². The molecule has 0 spiro atoms. The summed E-state index contributed by atoms with van der Waals surface area (Å²) in [6, 6.07) is 8.21. The molecule has 0 amide bonds. The van der Waals surface area contributed by atoms with Gasteiger partial charge in [0.2, 0.25) is 0 Å². The minimum absolute atomic E-state index is 0.282. The third-order valence-corrected chi connectivity index (χ3v) is 3.83. The number of rotatable bonds is 8. The Morgan fingerprint density at radius 2 is 1.83 bits per heavy atom. The van der Waals surface area contributed by atoms with Gasteiger partial charge in [0, 0.05) is 24.7 Å². The van der Waals surface area contributed by atoms with Gasteiger partial charge in [-0.15, -0.1) is 0 Å². The molecule has 0 atom stereocenters. The number of hydrogen-bond donors (Lipinski definition) is 0. The molecule has 0 unspecified atom stereocenters. The van der Waals surface area contributed by atoms with Crippen molar-refractivity contribution in [2.24, 2.45) is 5.92 Å². The van der Waals surface area contributed by atoms with Crippen molar-refractivity contribution in [2.45, 2.75) is 24.0 Å². The number of methoxy groups -OCH3 is 2. The van der Waals surface area contributed by atoms with E-state index in [9.17, 15) is 0 Å². The van der Waals surface area contributed by atoms with E-state index in [1.54, 1.807) is 26.0 Å². The van der Waals surface area contributed by atoms with Crippen molar-refractivity contribution in [3.8, 4) is 0 Å². The quantitative estimate of drug-likeness (QED) is 0.410. The molecule has 1 aliphatic rings. The van der Waals surface area contributed by atoms with Gasteiger partial charge in [-0.05, 0) is 30.9 Å². The minimum Gasteiger partial charge on any atom is -0.370 e. The second-order valence-electron chi connectivity index (χ2n) is 4.45. The van der Waals surface area contributed by atoms with E-state index in [0.717, 1.165) is 24.0 Å². The lowest BCUT2D eigenvalue weighted by atomic mass is 10.2. The summed E-state index contributed by atoms with van der Waals surface area (Å²) in [6.07, 6.45) is 2.40. The molecular formula is C14H20O3S. The van der Waals surface area contributed by atoms with E-state index >= 15 is 0 Å². The number of ether oxygens (including phenoxy) is 3. The molecule has 0 saturated heterocycles. The van der Waals surface area contributed by atoms with E-state index in [1.807, 2.05) is 12.1 Å². The van der Waals surface area contributed by atoms with Crippen LogP contribution in [0, 0.1) is 5.92 Å². The summed E-state index contributed by atoms with van der Waals surface area (Å²) >= 11 is 1.72. The molecule has 1 aliphatic carbocycles. The zero-order chi connectivity index (χ0) is 12.8. The predicted molar refractivity (Wildman–Crippen MR) is 72.6 cm³/mol. The van der Waals surface area contributed by atoms with Crippen molar-refractivity contribution >= 4 is 11.8 Å². The number of hydrogen-bond acceptors (Lipinski definition) is 4. The molecule has 0 radical (unpaired) electrons. The molecule has 0 aromatic heterocycles. The van der Waals surface area contributed by atoms with Crippen LogP contribution in [0.3, 0.4) is 0 Å². The lowest BCUT2D eigenvalue weighted by Gasteiger charge is -2.13. The Morgan fingerprint density at radius 3 is 2.39 bits per heavy atom. The van der Waals surface area contributed by atoms with Crippen LogP contribution >= 0.6 is 11.8 Å². The van der Waals surface area contributed by atoms with Crippen LogP contribution in [0.25, 0.3) is 0 Å². The van der Waals surface area contributed by atoms with Crippen LogP contribution in [-0.4, -0.2) is 26.8 Å². The van der Waals surface area contributed by atoms with Gasteiger partial charge in [-0.2, -0.15) is 0 Å². The predicted octanol–water partition coefficient (Wildman–Crippen LogP) is 3.45. The molecule has 1 aromatic rings. The first-order chi connectivity index (χ1) is 8.83. The van der Waals surface area contributed by atoms with E-state index in [1.165, 1.54) is 17.7 Å². The summed E-state index contributed by atoms with van der Waals surface area (Å²) in [5.41, 5.74) is 1.03. The molecule has 18 heavy (non-hydrogen) atoms. The summed E-state index contributed by atoms with van der Waals surface area (Å²) in [4.78, 5) is 1.21. The van der Waals surface area contributed by atoms with Gasteiger partial charge in [-0.25, -0.2) is 0 Å². The molecular weight excluding hydrogens is 248 g/mol. The molecule has 1 aromatic carbocycles. The zero-order valence-electron chi connectivity index (χ0n) is 10.9. The Labute approximate surface area is 113 Å². The number of thioether (sulfide) groups is 1. The fourth-order valence-corrected chi connectivity index (χ4v) is 2.34. The highest BCUT2D eigenvalue weighted by molar-refractivity contribution is 7.99. The maximum atomic E-state index is 5.60. The Kier molecular flexibility index (Phi) is 5.50. The third kappa shape index (κ3) is 4.28. The van der Waals surface area contributed by atoms with Gasteiger partial charge in [0.05, 0.1) is 12.5 Å². The molecule has 0 aliphatic heterocycles. The zero-order valence-corrected chi connectivity index (χ0v) is 11.7. The first-order valence-electron chi connectivity index (χ1n) is 6.19. The van der Waals surface area contributed by atoms with Crippen LogP contribution in [0.15, 0.2) is 29.2 Å². The summed E-state index contributed by atoms with van der Waals surface area (Å²) in [6.45, 7) is 0.917. The molecule has 3 nitrogen and oxygen atoms in total. The molecule has 0 N–H and O–H groups in total. The van der Waals surface area contributed by atoms with Crippen molar-refractivity contribution in [1.29, 1.82) is 0 Å². The maximum Gasteiger partial charge on any atom is 0.183 e. The van der Waals surface area contributed by atoms with Crippen LogP contribution in [-0.2, 0) is 14.2 Å². The Hall–Kier alpha value is -0.550. The van der Waals surface area contributed by atoms with Crippen molar-refractivity contribution in [3.05, 3.63) is 29.8 Å². The Bertz CT molecular complexity index is 345. The monoisotopic (exact) mass is 268 g/mol. The van der Waals surface area contributed by atoms with E-state index in [-0.39, 0.29) is 6.29 Å². The normalized spacial score (nSPS) is 15.3. The maximum absolute atomic E-state index is 5.60. The SMILES string of the molecule is COC(OC)c1ccc(SCOCC2CC2)cc1. The first-order valence-corrected chi connectivity index (χ1v) is 7.18. The Balaban J connectivity index is 1.75. The molecule has 1 fully saturated rings. The Morgan fingerprint density at radius 1 is 1.17 bits per heavy atom. The van der Waals surface area contributed by atoms with Crippen LogP contribution in [0.5, 0.6) is 0 Å². The van der Waals surface area contributed by atoms with Crippen LogP contribution in [0.2, 0.25) is 0 Å². The molecule has 4 heteroatoms. The fraction of sp³-hybridized carbons (Fsp3) is 0.571. The van der Waals surface area contributed by atoms with Crippen LogP contribution in [0.4, 0.5) is 0 Å². The summed E-state index contributed by atoms with van der Waals surface area (Å²) in [5.74, 6) is 1.56. The topological polar surface area (TPSA) is 27.7 Å². The van der Waals surface area contributed by atoms with Crippen molar-refractivity contribution < 1.29 is 14.2 Å². The number of benzene rings is 1. The average Bonchev–Trinajstić information content (AvgIpc) is 3.22. The van der Waals surface area contributed by atoms with Gasteiger partial charge in [0.15, 0.2) is 6.29 Å². The largest absolute Gasteiger partial charge is 0.370 e. The van der Waals surface area contributed by atoms with Gasteiger partial charge in [-0.3, -0.25) is 0 Å². The van der Waals surface area contributed by atoms with Gasteiger partial charge in [0.25, 0.3) is 0 Å².